The van der Waals surface area contributed by atoms with Gasteiger partial charge in [0, 0.05) is 12.2 Å². The fraction of sp³-hybridized carbons (Fsp3) is 0.615. The third kappa shape index (κ3) is 4.62. The monoisotopic (exact) mass is 220 g/mol. The predicted octanol–water partition coefficient (Wildman–Crippen LogP) is 2.38. The number of aromatic nitrogens is 1. The molecule has 1 aromatic heterocycles. The van der Waals surface area contributed by atoms with Crippen molar-refractivity contribution in [1.29, 1.82) is 0 Å². The van der Waals surface area contributed by atoms with E-state index in [0.717, 1.165) is 31.4 Å². The van der Waals surface area contributed by atoms with Crippen LogP contribution in [0.15, 0.2) is 24.5 Å². The van der Waals surface area contributed by atoms with Crippen LogP contribution in [0.5, 0.6) is 5.75 Å². The number of nitrogens with one attached hydrogen (secondary N) is 1. The van der Waals surface area contributed by atoms with Gasteiger partial charge in [0.25, 0.3) is 0 Å². The Morgan fingerprint density at radius 2 is 2.25 bits per heavy atom. The molecule has 0 aliphatic heterocycles. The number of unbranched alkanes of at least 4 members (excludes halogenated alkanes) is 2. The van der Waals surface area contributed by atoms with E-state index in [-0.39, 0.29) is 0 Å². The molecule has 1 aliphatic carbocycles. The molecule has 0 aromatic carbocycles. The van der Waals surface area contributed by atoms with Crippen molar-refractivity contribution >= 4 is 0 Å². The number of nitrogens with zero attached hydrogens (tertiary/aromatic N) is 1. The minimum Gasteiger partial charge on any atom is -0.492 e. The quantitative estimate of drug-likeness (QED) is 0.683. The highest BCUT2D eigenvalue weighted by molar-refractivity contribution is 5.15. The first-order valence-corrected chi connectivity index (χ1v) is 6.21. The van der Waals surface area contributed by atoms with E-state index in [0.29, 0.717) is 0 Å². The summed E-state index contributed by atoms with van der Waals surface area (Å²) in [4.78, 5) is 4.00. The second kappa shape index (κ2) is 6.48. The molecule has 1 aliphatic rings. The first-order chi connectivity index (χ1) is 7.95. The summed E-state index contributed by atoms with van der Waals surface area (Å²) >= 11 is 0. The van der Waals surface area contributed by atoms with Gasteiger partial charge in [0.1, 0.15) is 5.75 Å². The van der Waals surface area contributed by atoms with Gasteiger partial charge >= 0.3 is 0 Å². The summed E-state index contributed by atoms with van der Waals surface area (Å²) in [5.41, 5.74) is 0. The van der Waals surface area contributed by atoms with Gasteiger partial charge in [-0.3, -0.25) is 4.98 Å². The van der Waals surface area contributed by atoms with Gasteiger partial charge in [0.15, 0.2) is 0 Å². The van der Waals surface area contributed by atoms with Crippen LogP contribution in [-0.2, 0) is 0 Å². The molecule has 3 heteroatoms. The topological polar surface area (TPSA) is 34.1 Å². The maximum Gasteiger partial charge on any atom is 0.137 e. The van der Waals surface area contributed by atoms with Crippen LogP contribution in [0.1, 0.15) is 32.1 Å². The SMILES string of the molecule is c1cncc(OCCCCCNC2CC2)c1. The van der Waals surface area contributed by atoms with Gasteiger partial charge in [-0.25, -0.2) is 0 Å². The van der Waals surface area contributed by atoms with Gasteiger partial charge in [0.2, 0.25) is 0 Å². The van der Waals surface area contributed by atoms with Crippen LogP contribution in [0.4, 0.5) is 0 Å². The molecule has 1 heterocycles. The van der Waals surface area contributed by atoms with Crippen molar-refractivity contribution in [1.82, 2.24) is 10.3 Å². The lowest BCUT2D eigenvalue weighted by Crippen LogP contribution is -2.17. The number of pyridine rings is 1. The van der Waals surface area contributed by atoms with E-state index in [4.69, 9.17) is 4.74 Å². The third-order valence-corrected chi connectivity index (χ3v) is 2.73. The third-order valence-electron chi connectivity index (χ3n) is 2.73. The summed E-state index contributed by atoms with van der Waals surface area (Å²) in [6.07, 6.45) is 9.90. The average molecular weight is 220 g/mol. The average Bonchev–Trinajstić information content (AvgIpc) is 3.13. The summed E-state index contributed by atoms with van der Waals surface area (Å²) in [5.74, 6) is 0.874. The maximum atomic E-state index is 5.56. The standard InChI is InChI=1S/C13H20N2O/c1(2-9-15-12-6-7-12)3-10-16-13-5-4-8-14-11-13/h4-5,8,11-12,15H,1-3,6-7,9-10H2. The summed E-state index contributed by atoms with van der Waals surface area (Å²) in [6, 6.07) is 4.68. The molecule has 1 N–H and O–H groups in total. The van der Waals surface area contributed by atoms with Gasteiger partial charge in [-0.05, 0) is 50.8 Å². The van der Waals surface area contributed by atoms with E-state index >= 15 is 0 Å². The maximum absolute atomic E-state index is 5.56. The molecule has 0 radical (unpaired) electrons. The fourth-order valence-electron chi connectivity index (χ4n) is 1.62. The van der Waals surface area contributed by atoms with Gasteiger partial charge in [-0.1, -0.05) is 0 Å². The lowest BCUT2D eigenvalue weighted by molar-refractivity contribution is 0.304. The molecule has 0 saturated heterocycles. The van der Waals surface area contributed by atoms with E-state index in [1.54, 1.807) is 12.4 Å². The molecule has 2 rings (SSSR count). The highest BCUT2D eigenvalue weighted by Gasteiger charge is 2.19. The Hall–Kier alpha value is -1.09. The van der Waals surface area contributed by atoms with Crippen LogP contribution in [0.3, 0.4) is 0 Å². The molecule has 0 spiro atoms. The van der Waals surface area contributed by atoms with Crippen LogP contribution in [0, 0.1) is 0 Å². The molecule has 3 nitrogen and oxygen atoms in total. The van der Waals surface area contributed by atoms with Crippen molar-refractivity contribution < 1.29 is 4.74 Å². The van der Waals surface area contributed by atoms with Gasteiger partial charge in [0.05, 0.1) is 12.8 Å². The Morgan fingerprint density at radius 1 is 1.31 bits per heavy atom. The van der Waals surface area contributed by atoms with Crippen molar-refractivity contribution in [2.75, 3.05) is 13.2 Å². The largest absolute Gasteiger partial charge is 0.492 e. The van der Waals surface area contributed by atoms with E-state index in [1.165, 1.54) is 25.7 Å². The molecular formula is C13H20N2O. The first kappa shape index (κ1) is 11.4. The Morgan fingerprint density at radius 3 is 3.00 bits per heavy atom. The Balaban J connectivity index is 1.42. The molecule has 1 fully saturated rings. The zero-order chi connectivity index (χ0) is 11.1. The minimum absolute atomic E-state index is 0.801. The molecule has 16 heavy (non-hydrogen) atoms. The molecule has 0 unspecified atom stereocenters. The van der Waals surface area contributed by atoms with Crippen LogP contribution >= 0.6 is 0 Å². The number of hydrogen-bond acceptors (Lipinski definition) is 3. The van der Waals surface area contributed by atoms with Crippen LogP contribution < -0.4 is 10.1 Å². The van der Waals surface area contributed by atoms with Crippen molar-refractivity contribution in [3.63, 3.8) is 0 Å². The van der Waals surface area contributed by atoms with Gasteiger partial charge in [-0.2, -0.15) is 0 Å². The first-order valence-electron chi connectivity index (χ1n) is 6.21. The molecule has 0 bridgehead atoms. The molecule has 88 valence electrons. The fourth-order valence-corrected chi connectivity index (χ4v) is 1.62. The summed E-state index contributed by atoms with van der Waals surface area (Å²) in [7, 11) is 0. The van der Waals surface area contributed by atoms with Crippen molar-refractivity contribution in [2.24, 2.45) is 0 Å². The summed E-state index contributed by atoms with van der Waals surface area (Å²) < 4.78 is 5.56. The normalized spacial score (nSPS) is 15.0. The van der Waals surface area contributed by atoms with E-state index in [9.17, 15) is 0 Å². The van der Waals surface area contributed by atoms with Crippen LogP contribution in [0.2, 0.25) is 0 Å². The van der Waals surface area contributed by atoms with Crippen molar-refractivity contribution in [3.8, 4) is 5.75 Å². The molecule has 0 atom stereocenters. The Kier molecular flexibility index (Phi) is 4.62. The molecule has 1 saturated carbocycles. The Bertz CT molecular complexity index is 285. The number of hydrogen-bond donors (Lipinski definition) is 1. The summed E-state index contributed by atoms with van der Waals surface area (Å²) in [6.45, 7) is 1.96. The Labute approximate surface area is 97.2 Å². The van der Waals surface area contributed by atoms with E-state index in [2.05, 4.69) is 10.3 Å². The lowest BCUT2D eigenvalue weighted by Gasteiger charge is -2.05. The highest BCUT2D eigenvalue weighted by atomic mass is 16.5. The molecule has 1 aromatic rings. The molecule has 0 amide bonds. The smallest absolute Gasteiger partial charge is 0.137 e. The predicted molar refractivity (Wildman–Crippen MR) is 64.6 cm³/mol. The van der Waals surface area contributed by atoms with E-state index in [1.807, 2.05) is 12.1 Å². The zero-order valence-electron chi connectivity index (χ0n) is 9.69. The lowest BCUT2D eigenvalue weighted by atomic mass is 10.2. The second-order valence-electron chi connectivity index (χ2n) is 4.33. The van der Waals surface area contributed by atoms with Crippen LogP contribution in [0.25, 0.3) is 0 Å². The number of rotatable bonds is 8. The second-order valence-corrected chi connectivity index (χ2v) is 4.33. The molecular weight excluding hydrogens is 200 g/mol. The number of ether oxygens (including phenoxy) is 1. The van der Waals surface area contributed by atoms with Gasteiger partial charge < -0.3 is 10.1 Å². The van der Waals surface area contributed by atoms with Crippen LogP contribution in [-0.4, -0.2) is 24.2 Å². The van der Waals surface area contributed by atoms with Crippen molar-refractivity contribution in [3.05, 3.63) is 24.5 Å². The summed E-state index contributed by atoms with van der Waals surface area (Å²) in [5, 5.41) is 3.51. The van der Waals surface area contributed by atoms with Crippen molar-refractivity contribution in [2.45, 2.75) is 38.1 Å². The zero-order valence-corrected chi connectivity index (χ0v) is 9.69. The van der Waals surface area contributed by atoms with E-state index < -0.39 is 0 Å². The highest BCUT2D eigenvalue weighted by Crippen LogP contribution is 2.18. The van der Waals surface area contributed by atoms with Gasteiger partial charge in [-0.15, -0.1) is 0 Å². The minimum atomic E-state index is 0.801.